The van der Waals surface area contributed by atoms with Crippen LogP contribution >= 0.6 is 11.6 Å². The van der Waals surface area contributed by atoms with Gasteiger partial charge in [0.25, 0.3) is 0 Å². The van der Waals surface area contributed by atoms with E-state index in [1.165, 1.54) is 0 Å². The van der Waals surface area contributed by atoms with Gasteiger partial charge in [0.05, 0.1) is 16.3 Å². The van der Waals surface area contributed by atoms with E-state index in [2.05, 4.69) is 5.32 Å². The first-order chi connectivity index (χ1) is 7.34. The van der Waals surface area contributed by atoms with Crippen molar-refractivity contribution in [1.29, 1.82) is 0 Å². The van der Waals surface area contributed by atoms with Gasteiger partial charge in [0.1, 0.15) is 0 Å². The Morgan fingerprint density at radius 3 is 2.56 bits per heavy atom. The number of hydrogen-bond acceptors (Lipinski definition) is 2. The van der Waals surface area contributed by atoms with Gasteiger partial charge in [0.15, 0.2) is 0 Å². The molecule has 1 rings (SSSR count). The molecule has 0 radical (unpaired) electrons. The normalized spacial score (nSPS) is 14.9. The number of benzene rings is 1. The molecular weight excluding hydrogens is 222 g/mol. The molecule has 1 aromatic rings. The molecule has 90 valence electrons. The summed E-state index contributed by atoms with van der Waals surface area (Å²) in [6.45, 7) is 8.33. The Kier molecular flexibility index (Phi) is 4.22. The van der Waals surface area contributed by atoms with Crippen molar-refractivity contribution in [2.24, 2.45) is 5.92 Å². The van der Waals surface area contributed by atoms with Gasteiger partial charge in [0.2, 0.25) is 0 Å². The van der Waals surface area contributed by atoms with Crippen LogP contribution in [0.25, 0.3) is 0 Å². The Morgan fingerprint density at radius 2 is 2.06 bits per heavy atom. The van der Waals surface area contributed by atoms with E-state index in [1.54, 1.807) is 0 Å². The number of para-hydroxylation sites is 1. The average Bonchev–Trinajstić information content (AvgIpc) is 2.16. The second-order valence-electron chi connectivity index (χ2n) is 4.80. The summed E-state index contributed by atoms with van der Waals surface area (Å²) in [6.07, 6.45) is 0. The summed E-state index contributed by atoms with van der Waals surface area (Å²) in [5.74, 6) is 0.197. The SMILES string of the molecule is Cc1cccc(Cl)c1NCC(C)(O)C(C)C. The molecule has 1 aromatic carbocycles. The van der Waals surface area contributed by atoms with Gasteiger partial charge < -0.3 is 10.4 Å². The zero-order chi connectivity index (χ0) is 12.3. The van der Waals surface area contributed by atoms with Crippen LogP contribution in [0.1, 0.15) is 26.3 Å². The Balaban J connectivity index is 2.75. The predicted octanol–water partition coefficient (Wildman–Crippen LogP) is 3.47. The lowest BCUT2D eigenvalue weighted by Crippen LogP contribution is -2.38. The molecule has 0 saturated carbocycles. The minimum Gasteiger partial charge on any atom is -0.388 e. The summed E-state index contributed by atoms with van der Waals surface area (Å²) in [4.78, 5) is 0. The Labute approximate surface area is 103 Å². The van der Waals surface area contributed by atoms with Crippen molar-refractivity contribution in [3.05, 3.63) is 28.8 Å². The topological polar surface area (TPSA) is 32.3 Å². The van der Waals surface area contributed by atoms with E-state index in [0.29, 0.717) is 11.6 Å². The smallest absolute Gasteiger partial charge is 0.0813 e. The highest BCUT2D eigenvalue weighted by Gasteiger charge is 2.24. The van der Waals surface area contributed by atoms with E-state index in [4.69, 9.17) is 11.6 Å². The number of anilines is 1. The maximum Gasteiger partial charge on any atom is 0.0813 e. The van der Waals surface area contributed by atoms with Crippen LogP contribution in [0.4, 0.5) is 5.69 Å². The van der Waals surface area contributed by atoms with Crippen molar-refractivity contribution < 1.29 is 5.11 Å². The van der Waals surface area contributed by atoms with Crippen molar-refractivity contribution in [3.8, 4) is 0 Å². The number of nitrogens with one attached hydrogen (secondary N) is 1. The summed E-state index contributed by atoms with van der Waals surface area (Å²) in [5, 5.41) is 14.0. The standard InChI is InChI=1S/C13H20ClNO/c1-9(2)13(4,16)8-15-12-10(3)6-5-7-11(12)14/h5-7,9,15-16H,8H2,1-4H3. The Hall–Kier alpha value is -0.730. The van der Waals surface area contributed by atoms with Crippen LogP contribution in [0, 0.1) is 12.8 Å². The minimum absolute atomic E-state index is 0.197. The maximum atomic E-state index is 10.1. The van der Waals surface area contributed by atoms with E-state index >= 15 is 0 Å². The van der Waals surface area contributed by atoms with Gasteiger partial charge in [-0.3, -0.25) is 0 Å². The molecule has 0 heterocycles. The maximum absolute atomic E-state index is 10.1. The van der Waals surface area contributed by atoms with Crippen molar-refractivity contribution in [2.75, 3.05) is 11.9 Å². The fourth-order valence-corrected chi connectivity index (χ4v) is 1.62. The third-order valence-corrected chi connectivity index (χ3v) is 3.40. The summed E-state index contributed by atoms with van der Waals surface area (Å²) < 4.78 is 0. The van der Waals surface area contributed by atoms with Gasteiger partial charge >= 0.3 is 0 Å². The molecule has 0 aliphatic rings. The molecule has 0 amide bonds. The quantitative estimate of drug-likeness (QED) is 0.846. The van der Waals surface area contributed by atoms with Gasteiger partial charge in [0, 0.05) is 6.54 Å². The van der Waals surface area contributed by atoms with Crippen LogP contribution in [-0.2, 0) is 0 Å². The Bertz CT molecular complexity index is 341. The van der Waals surface area contributed by atoms with E-state index in [1.807, 2.05) is 45.9 Å². The molecule has 0 fully saturated rings. The van der Waals surface area contributed by atoms with Crippen LogP contribution in [0.2, 0.25) is 5.02 Å². The van der Waals surface area contributed by atoms with Gasteiger partial charge in [-0.1, -0.05) is 37.6 Å². The first-order valence-electron chi connectivity index (χ1n) is 5.56. The molecule has 0 aromatic heterocycles. The van der Waals surface area contributed by atoms with Crippen molar-refractivity contribution in [1.82, 2.24) is 0 Å². The zero-order valence-electron chi connectivity index (χ0n) is 10.3. The van der Waals surface area contributed by atoms with Crippen molar-refractivity contribution >= 4 is 17.3 Å². The zero-order valence-corrected chi connectivity index (χ0v) is 11.1. The number of rotatable bonds is 4. The number of aryl methyl sites for hydroxylation is 1. The highest BCUT2D eigenvalue weighted by atomic mass is 35.5. The number of hydrogen-bond donors (Lipinski definition) is 2. The fraction of sp³-hybridized carbons (Fsp3) is 0.538. The van der Waals surface area contributed by atoms with Crippen LogP contribution < -0.4 is 5.32 Å². The molecule has 2 N–H and O–H groups in total. The van der Waals surface area contributed by atoms with Crippen LogP contribution in [-0.4, -0.2) is 17.3 Å². The summed E-state index contributed by atoms with van der Waals surface area (Å²) in [7, 11) is 0. The van der Waals surface area contributed by atoms with Gasteiger partial charge in [-0.15, -0.1) is 0 Å². The molecule has 1 atom stereocenters. The highest BCUT2D eigenvalue weighted by Crippen LogP contribution is 2.26. The van der Waals surface area contributed by atoms with Crippen molar-refractivity contribution in [2.45, 2.75) is 33.3 Å². The summed E-state index contributed by atoms with van der Waals surface area (Å²) >= 11 is 6.09. The largest absolute Gasteiger partial charge is 0.388 e. The van der Waals surface area contributed by atoms with Crippen LogP contribution in [0.15, 0.2) is 18.2 Å². The molecule has 0 aliphatic heterocycles. The molecular formula is C13H20ClNO. The molecule has 3 heteroatoms. The molecule has 0 bridgehead atoms. The average molecular weight is 242 g/mol. The lowest BCUT2D eigenvalue weighted by molar-refractivity contribution is 0.0266. The second kappa shape index (κ2) is 5.07. The second-order valence-corrected chi connectivity index (χ2v) is 5.20. The molecule has 2 nitrogen and oxygen atoms in total. The minimum atomic E-state index is -0.731. The van der Waals surface area contributed by atoms with Crippen molar-refractivity contribution in [3.63, 3.8) is 0 Å². The highest BCUT2D eigenvalue weighted by molar-refractivity contribution is 6.33. The van der Waals surface area contributed by atoms with Gasteiger partial charge in [-0.2, -0.15) is 0 Å². The Morgan fingerprint density at radius 1 is 1.44 bits per heavy atom. The summed E-state index contributed by atoms with van der Waals surface area (Å²) in [5.41, 5.74) is 1.27. The lowest BCUT2D eigenvalue weighted by Gasteiger charge is -2.28. The van der Waals surface area contributed by atoms with Gasteiger partial charge in [-0.05, 0) is 31.4 Å². The van der Waals surface area contributed by atoms with Gasteiger partial charge in [-0.25, -0.2) is 0 Å². The van der Waals surface area contributed by atoms with E-state index in [9.17, 15) is 5.11 Å². The third kappa shape index (κ3) is 3.13. The van der Waals surface area contributed by atoms with Crippen LogP contribution in [0.3, 0.4) is 0 Å². The molecule has 1 unspecified atom stereocenters. The predicted molar refractivity (Wildman–Crippen MR) is 70.1 cm³/mol. The van der Waals surface area contributed by atoms with E-state index in [0.717, 1.165) is 11.3 Å². The van der Waals surface area contributed by atoms with E-state index in [-0.39, 0.29) is 5.92 Å². The van der Waals surface area contributed by atoms with Crippen LogP contribution in [0.5, 0.6) is 0 Å². The monoisotopic (exact) mass is 241 g/mol. The molecule has 0 saturated heterocycles. The molecule has 16 heavy (non-hydrogen) atoms. The lowest BCUT2D eigenvalue weighted by atomic mass is 9.92. The number of aliphatic hydroxyl groups is 1. The summed E-state index contributed by atoms with van der Waals surface area (Å²) in [6, 6.07) is 5.77. The van der Waals surface area contributed by atoms with E-state index < -0.39 is 5.60 Å². The third-order valence-electron chi connectivity index (χ3n) is 3.09. The molecule has 0 aliphatic carbocycles. The first kappa shape index (κ1) is 13.3. The fourth-order valence-electron chi connectivity index (χ4n) is 1.33. The first-order valence-corrected chi connectivity index (χ1v) is 5.94. The number of halogens is 1. The molecule has 0 spiro atoms.